The number of carbonyl (C=O) groups excluding carboxylic acids is 1. The minimum Gasteiger partial charge on any atom is -0.496 e. The maximum absolute atomic E-state index is 13.5. The van der Waals surface area contributed by atoms with Gasteiger partial charge in [0.2, 0.25) is 0 Å². The Hall–Kier alpha value is -2.74. The number of aryl methyl sites for hydroxylation is 2. The van der Waals surface area contributed by atoms with Gasteiger partial charge >= 0.3 is 5.97 Å². The van der Waals surface area contributed by atoms with E-state index >= 15 is 0 Å². The van der Waals surface area contributed by atoms with Gasteiger partial charge in [0.25, 0.3) is 5.56 Å². The van der Waals surface area contributed by atoms with Crippen LogP contribution < -0.4 is 10.3 Å². The van der Waals surface area contributed by atoms with Gasteiger partial charge in [-0.05, 0) is 37.1 Å². The standard InChI is InChI=1S/C19H17FN2O4S/c1-10-15-17(21-14-4-3-7-22(14)18(15)23)27-16(10)19(24)26-9-11-8-12(20)5-6-13(11)25-2/h5-6,8H,3-4,7,9H2,1-2H3. The zero-order valence-corrected chi connectivity index (χ0v) is 15.7. The number of thiophene rings is 1. The molecule has 0 aliphatic carbocycles. The van der Waals surface area contributed by atoms with Crippen LogP contribution in [0.25, 0.3) is 10.2 Å². The molecule has 0 saturated carbocycles. The molecule has 3 heterocycles. The molecule has 0 fully saturated rings. The van der Waals surface area contributed by atoms with Gasteiger partial charge in [-0.3, -0.25) is 9.36 Å². The van der Waals surface area contributed by atoms with Crippen molar-refractivity contribution >= 4 is 27.5 Å². The fourth-order valence-electron chi connectivity index (χ4n) is 3.34. The normalized spacial score (nSPS) is 13.0. The van der Waals surface area contributed by atoms with E-state index in [-0.39, 0.29) is 12.2 Å². The summed E-state index contributed by atoms with van der Waals surface area (Å²) >= 11 is 1.16. The molecule has 0 spiro atoms. The van der Waals surface area contributed by atoms with Crippen molar-refractivity contribution in [2.24, 2.45) is 0 Å². The number of hydrogen-bond acceptors (Lipinski definition) is 6. The molecule has 8 heteroatoms. The summed E-state index contributed by atoms with van der Waals surface area (Å²) in [6.07, 6.45) is 1.67. The lowest BCUT2D eigenvalue weighted by Gasteiger charge is -2.09. The number of nitrogens with zero attached hydrogens (tertiary/aromatic N) is 2. The largest absolute Gasteiger partial charge is 0.496 e. The molecular formula is C19H17FN2O4S. The van der Waals surface area contributed by atoms with Crippen LogP contribution in [0, 0.1) is 12.7 Å². The van der Waals surface area contributed by atoms with Gasteiger partial charge in [0, 0.05) is 18.5 Å². The Balaban J connectivity index is 1.64. The van der Waals surface area contributed by atoms with Crippen LogP contribution in [-0.2, 0) is 24.3 Å². The number of benzene rings is 1. The first-order valence-electron chi connectivity index (χ1n) is 8.52. The highest BCUT2D eigenvalue weighted by Gasteiger charge is 2.24. The molecule has 4 rings (SSSR count). The van der Waals surface area contributed by atoms with Crippen LogP contribution in [0.15, 0.2) is 23.0 Å². The van der Waals surface area contributed by atoms with Gasteiger partial charge in [0.15, 0.2) is 0 Å². The monoisotopic (exact) mass is 388 g/mol. The first-order chi connectivity index (χ1) is 13.0. The molecule has 27 heavy (non-hydrogen) atoms. The number of ether oxygens (including phenoxy) is 2. The van der Waals surface area contributed by atoms with Gasteiger partial charge in [-0.2, -0.15) is 0 Å². The second-order valence-corrected chi connectivity index (χ2v) is 7.36. The first kappa shape index (κ1) is 17.7. The van der Waals surface area contributed by atoms with Gasteiger partial charge < -0.3 is 9.47 Å². The Morgan fingerprint density at radius 1 is 1.41 bits per heavy atom. The third-order valence-corrected chi connectivity index (χ3v) is 5.86. The van der Waals surface area contributed by atoms with Gasteiger partial charge in [-0.15, -0.1) is 11.3 Å². The van der Waals surface area contributed by atoms with Crippen molar-refractivity contribution in [3.63, 3.8) is 0 Å². The lowest BCUT2D eigenvalue weighted by atomic mass is 10.2. The Morgan fingerprint density at radius 2 is 2.22 bits per heavy atom. The molecule has 0 unspecified atom stereocenters. The van der Waals surface area contributed by atoms with Gasteiger partial charge in [-0.25, -0.2) is 14.2 Å². The van der Waals surface area contributed by atoms with E-state index in [0.29, 0.717) is 38.5 Å². The van der Waals surface area contributed by atoms with E-state index in [2.05, 4.69) is 4.98 Å². The van der Waals surface area contributed by atoms with Crippen LogP contribution in [-0.4, -0.2) is 22.6 Å². The highest BCUT2D eigenvalue weighted by Crippen LogP contribution is 2.30. The van der Waals surface area contributed by atoms with Crippen LogP contribution in [0.4, 0.5) is 4.39 Å². The lowest BCUT2D eigenvalue weighted by Crippen LogP contribution is -2.20. The van der Waals surface area contributed by atoms with Crippen LogP contribution in [0.3, 0.4) is 0 Å². The number of aromatic nitrogens is 2. The minimum absolute atomic E-state index is 0.105. The molecule has 1 aliphatic heterocycles. The maximum Gasteiger partial charge on any atom is 0.349 e. The third-order valence-electron chi connectivity index (χ3n) is 4.70. The smallest absolute Gasteiger partial charge is 0.349 e. The highest BCUT2D eigenvalue weighted by atomic mass is 32.1. The van der Waals surface area contributed by atoms with E-state index in [0.717, 1.165) is 30.0 Å². The summed E-state index contributed by atoms with van der Waals surface area (Å²) in [7, 11) is 1.47. The summed E-state index contributed by atoms with van der Waals surface area (Å²) in [6.45, 7) is 2.26. The van der Waals surface area contributed by atoms with E-state index in [1.807, 2.05) is 0 Å². The Labute approximate surface area is 158 Å². The van der Waals surface area contributed by atoms with Crippen molar-refractivity contribution in [3.8, 4) is 5.75 Å². The number of fused-ring (bicyclic) bond motifs is 2. The fourth-order valence-corrected chi connectivity index (χ4v) is 4.42. The van der Waals surface area contributed by atoms with E-state index < -0.39 is 11.8 Å². The molecule has 0 atom stereocenters. The van der Waals surface area contributed by atoms with Crippen LogP contribution in [0.2, 0.25) is 0 Å². The average Bonchev–Trinajstić information content (AvgIpc) is 3.25. The highest BCUT2D eigenvalue weighted by molar-refractivity contribution is 7.20. The number of rotatable bonds is 4. The molecule has 0 bridgehead atoms. The van der Waals surface area contributed by atoms with Gasteiger partial charge in [0.05, 0.1) is 12.5 Å². The van der Waals surface area contributed by atoms with Crippen molar-refractivity contribution in [3.05, 3.63) is 56.2 Å². The van der Waals surface area contributed by atoms with E-state index in [4.69, 9.17) is 9.47 Å². The SMILES string of the molecule is COc1ccc(F)cc1COC(=O)c1sc2nc3n(c(=O)c2c1C)CCC3. The minimum atomic E-state index is -0.564. The summed E-state index contributed by atoms with van der Waals surface area (Å²) in [5.74, 6) is 0.199. The first-order valence-corrected chi connectivity index (χ1v) is 9.33. The number of methoxy groups -OCH3 is 1. The molecule has 2 aromatic heterocycles. The summed E-state index contributed by atoms with van der Waals surface area (Å²) in [4.78, 5) is 30.7. The molecule has 3 aromatic rings. The molecule has 1 aromatic carbocycles. The van der Waals surface area contributed by atoms with Gasteiger partial charge in [-0.1, -0.05) is 0 Å². The third kappa shape index (κ3) is 2.99. The quantitative estimate of drug-likeness (QED) is 0.642. The fraction of sp³-hybridized carbons (Fsp3) is 0.316. The van der Waals surface area contributed by atoms with Crippen molar-refractivity contribution in [2.45, 2.75) is 32.9 Å². The van der Waals surface area contributed by atoms with Crippen molar-refractivity contribution < 1.29 is 18.7 Å². The zero-order valence-electron chi connectivity index (χ0n) is 14.9. The summed E-state index contributed by atoms with van der Waals surface area (Å²) in [5.41, 5.74) is 0.903. The molecule has 0 amide bonds. The maximum atomic E-state index is 13.5. The number of hydrogen-bond donors (Lipinski definition) is 0. The Morgan fingerprint density at radius 3 is 3.00 bits per heavy atom. The predicted molar refractivity (Wildman–Crippen MR) is 99.0 cm³/mol. The van der Waals surface area contributed by atoms with E-state index in [1.54, 1.807) is 11.5 Å². The second-order valence-electron chi connectivity index (χ2n) is 6.36. The van der Waals surface area contributed by atoms with Crippen molar-refractivity contribution in [2.75, 3.05) is 7.11 Å². The molecule has 6 nitrogen and oxygen atoms in total. The van der Waals surface area contributed by atoms with Crippen LogP contribution >= 0.6 is 11.3 Å². The lowest BCUT2D eigenvalue weighted by molar-refractivity contribution is 0.0475. The molecule has 0 saturated heterocycles. The molecular weight excluding hydrogens is 371 g/mol. The molecule has 1 aliphatic rings. The topological polar surface area (TPSA) is 70.4 Å². The van der Waals surface area contributed by atoms with Crippen LogP contribution in [0.5, 0.6) is 5.75 Å². The van der Waals surface area contributed by atoms with Crippen LogP contribution in [0.1, 0.15) is 33.0 Å². The van der Waals surface area contributed by atoms with Crippen molar-refractivity contribution in [1.82, 2.24) is 9.55 Å². The van der Waals surface area contributed by atoms with E-state index in [1.165, 1.54) is 25.3 Å². The molecule has 0 N–H and O–H groups in total. The number of carbonyl (C=O) groups is 1. The average molecular weight is 388 g/mol. The number of esters is 1. The van der Waals surface area contributed by atoms with E-state index in [9.17, 15) is 14.0 Å². The summed E-state index contributed by atoms with van der Waals surface area (Å²) in [6, 6.07) is 4.02. The van der Waals surface area contributed by atoms with Gasteiger partial charge in [0.1, 0.15) is 33.7 Å². The summed E-state index contributed by atoms with van der Waals surface area (Å²) in [5, 5.41) is 0.473. The second kappa shape index (κ2) is 6.77. The molecule has 0 radical (unpaired) electrons. The Kier molecular flexibility index (Phi) is 4.43. The summed E-state index contributed by atoms with van der Waals surface area (Å²) < 4.78 is 25.6. The Bertz CT molecular complexity index is 1120. The van der Waals surface area contributed by atoms with Crippen molar-refractivity contribution in [1.29, 1.82) is 0 Å². The zero-order chi connectivity index (χ0) is 19.1. The number of halogens is 1. The molecule has 140 valence electrons. The predicted octanol–water partition coefficient (Wildman–Crippen LogP) is 3.22.